The van der Waals surface area contributed by atoms with Crippen LogP contribution in [0.1, 0.15) is 5.56 Å². The molecule has 0 N–H and O–H groups in total. The van der Waals surface area contributed by atoms with Gasteiger partial charge in [0.1, 0.15) is 0 Å². The summed E-state index contributed by atoms with van der Waals surface area (Å²) in [4.78, 5) is 19.1. The summed E-state index contributed by atoms with van der Waals surface area (Å²) in [6, 6.07) is 9.30. The van der Waals surface area contributed by atoms with Gasteiger partial charge in [-0.05, 0) is 35.4 Å². The molecule has 0 radical (unpaired) electrons. The van der Waals surface area contributed by atoms with Crippen molar-refractivity contribution in [2.24, 2.45) is 0 Å². The van der Waals surface area contributed by atoms with Crippen molar-refractivity contribution in [3.8, 4) is 11.4 Å². The molecule has 0 aliphatic rings. The van der Waals surface area contributed by atoms with Gasteiger partial charge in [-0.25, -0.2) is 0 Å². The third kappa shape index (κ3) is 2.64. The Hall–Kier alpha value is -1.74. The van der Waals surface area contributed by atoms with Crippen molar-refractivity contribution in [1.82, 2.24) is 9.97 Å². The zero-order chi connectivity index (χ0) is 11.4. The highest BCUT2D eigenvalue weighted by molar-refractivity contribution is 6.63. The topological polar surface area (TPSA) is 42.9 Å². The highest BCUT2D eigenvalue weighted by Crippen LogP contribution is 2.13. The van der Waals surface area contributed by atoms with Crippen molar-refractivity contribution < 1.29 is 4.79 Å². The Morgan fingerprint density at radius 2 is 1.94 bits per heavy atom. The monoisotopic (exact) mass is 232 g/mol. The number of hydrogen-bond donors (Lipinski definition) is 0. The summed E-state index contributed by atoms with van der Waals surface area (Å²) in [5, 5.41) is -0.382. The molecule has 0 bridgehead atoms. The van der Waals surface area contributed by atoms with Gasteiger partial charge in [-0.1, -0.05) is 12.1 Å². The summed E-state index contributed by atoms with van der Waals surface area (Å²) in [5.74, 6) is 0. The molecular formula is C12H9ClN2O. The van der Waals surface area contributed by atoms with Gasteiger partial charge in [0.25, 0.3) is 0 Å². The molecule has 0 saturated heterocycles. The fourth-order valence-electron chi connectivity index (χ4n) is 1.36. The maximum absolute atomic E-state index is 10.7. The molecule has 16 heavy (non-hydrogen) atoms. The molecule has 0 spiro atoms. The van der Waals surface area contributed by atoms with E-state index in [-0.39, 0.29) is 11.7 Å². The van der Waals surface area contributed by atoms with E-state index in [4.69, 9.17) is 11.6 Å². The largest absolute Gasteiger partial charge is 0.281 e. The summed E-state index contributed by atoms with van der Waals surface area (Å²) < 4.78 is 0. The Labute approximate surface area is 98.1 Å². The fourth-order valence-corrected chi connectivity index (χ4v) is 1.51. The third-order valence-electron chi connectivity index (χ3n) is 2.10. The van der Waals surface area contributed by atoms with Crippen LogP contribution in [0.5, 0.6) is 0 Å². The minimum absolute atomic E-state index is 0.205. The quantitative estimate of drug-likeness (QED) is 0.764. The minimum atomic E-state index is -0.382. The van der Waals surface area contributed by atoms with Gasteiger partial charge in [-0.3, -0.25) is 14.8 Å². The minimum Gasteiger partial charge on any atom is -0.281 e. The average Bonchev–Trinajstić information content (AvgIpc) is 2.30. The van der Waals surface area contributed by atoms with Crippen LogP contribution in [0, 0.1) is 0 Å². The second-order valence-electron chi connectivity index (χ2n) is 3.30. The zero-order valence-electron chi connectivity index (χ0n) is 8.43. The number of pyridine rings is 2. The predicted octanol–water partition coefficient (Wildman–Crippen LogP) is 2.45. The molecule has 0 fully saturated rings. The van der Waals surface area contributed by atoms with E-state index in [1.807, 2.05) is 30.3 Å². The lowest BCUT2D eigenvalue weighted by Crippen LogP contribution is -1.95. The molecule has 4 heteroatoms. The first kappa shape index (κ1) is 10.8. The lowest BCUT2D eigenvalue weighted by atomic mass is 10.2. The lowest BCUT2D eigenvalue weighted by Gasteiger charge is -2.00. The molecule has 0 amide bonds. The molecule has 0 saturated carbocycles. The molecule has 0 atom stereocenters. The van der Waals surface area contributed by atoms with E-state index in [0.29, 0.717) is 0 Å². The Balaban J connectivity index is 2.23. The number of nitrogens with zero attached hydrogens (tertiary/aromatic N) is 2. The van der Waals surface area contributed by atoms with Gasteiger partial charge in [0, 0.05) is 18.8 Å². The number of carbonyl (C=O) groups is 1. The Kier molecular flexibility index (Phi) is 3.27. The Morgan fingerprint density at radius 1 is 1.12 bits per heavy atom. The maximum Gasteiger partial charge on any atom is 0.226 e. The van der Waals surface area contributed by atoms with Crippen LogP contribution in [0.4, 0.5) is 0 Å². The molecular weight excluding hydrogens is 224 g/mol. The van der Waals surface area contributed by atoms with Gasteiger partial charge in [0.15, 0.2) is 0 Å². The van der Waals surface area contributed by atoms with E-state index >= 15 is 0 Å². The van der Waals surface area contributed by atoms with Crippen LogP contribution >= 0.6 is 11.6 Å². The van der Waals surface area contributed by atoms with Gasteiger partial charge in [0.05, 0.1) is 11.4 Å². The first-order valence-electron chi connectivity index (χ1n) is 4.80. The molecule has 80 valence electrons. The van der Waals surface area contributed by atoms with Gasteiger partial charge in [0.2, 0.25) is 5.24 Å². The first-order valence-corrected chi connectivity index (χ1v) is 5.18. The molecule has 2 aromatic heterocycles. The van der Waals surface area contributed by atoms with Crippen LogP contribution < -0.4 is 0 Å². The van der Waals surface area contributed by atoms with Crippen molar-refractivity contribution in [3.63, 3.8) is 0 Å². The molecule has 3 nitrogen and oxygen atoms in total. The summed E-state index contributed by atoms with van der Waals surface area (Å²) in [6.45, 7) is 0. The fraction of sp³-hybridized carbons (Fsp3) is 0.0833. The van der Waals surface area contributed by atoms with E-state index in [1.165, 1.54) is 0 Å². The summed E-state index contributed by atoms with van der Waals surface area (Å²) >= 11 is 5.29. The van der Waals surface area contributed by atoms with Crippen LogP contribution in [0.15, 0.2) is 42.7 Å². The molecule has 0 aromatic carbocycles. The van der Waals surface area contributed by atoms with E-state index < -0.39 is 0 Å². The van der Waals surface area contributed by atoms with Gasteiger partial charge < -0.3 is 0 Å². The normalized spacial score (nSPS) is 10.1. The van der Waals surface area contributed by atoms with Crippen molar-refractivity contribution in [2.45, 2.75) is 6.42 Å². The van der Waals surface area contributed by atoms with E-state index in [2.05, 4.69) is 9.97 Å². The molecule has 0 aliphatic heterocycles. The molecule has 0 aliphatic carbocycles. The lowest BCUT2D eigenvalue weighted by molar-refractivity contribution is -0.111. The molecule has 2 heterocycles. The van der Waals surface area contributed by atoms with Crippen molar-refractivity contribution in [2.75, 3.05) is 0 Å². The predicted molar refractivity (Wildman–Crippen MR) is 62.0 cm³/mol. The Morgan fingerprint density at radius 3 is 2.50 bits per heavy atom. The summed E-state index contributed by atoms with van der Waals surface area (Å²) in [5.41, 5.74) is 2.40. The van der Waals surface area contributed by atoms with Crippen LogP contribution in [0.2, 0.25) is 0 Å². The number of aromatic nitrogens is 2. The first-order chi connectivity index (χ1) is 7.75. The van der Waals surface area contributed by atoms with Crippen LogP contribution in [0.25, 0.3) is 11.4 Å². The number of carbonyl (C=O) groups excluding carboxylic acids is 1. The van der Waals surface area contributed by atoms with Crippen molar-refractivity contribution in [3.05, 3.63) is 48.3 Å². The highest BCUT2D eigenvalue weighted by atomic mass is 35.5. The number of halogens is 1. The standard InChI is InChI=1S/C12H9ClN2O/c13-12(16)7-9-4-5-11(15-8-9)10-3-1-2-6-14-10/h1-6,8H,7H2. The molecule has 0 unspecified atom stereocenters. The zero-order valence-corrected chi connectivity index (χ0v) is 9.19. The maximum atomic E-state index is 10.7. The van der Waals surface area contributed by atoms with Crippen molar-refractivity contribution in [1.29, 1.82) is 0 Å². The highest BCUT2D eigenvalue weighted by Gasteiger charge is 2.02. The van der Waals surface area contributed by atoms with Crippen LogP contribution in [-0.4, -0.2) is 15.2 Å². The number of hydrogen-bond acceptors (Lipinski definition) is 3. The Bertz CT molecular complexity index is 482. The summed E-state index contributed by atoms with van der Waals surface area (Å²) in [7, 11) is 0. The number of rotatable bonds is 3. The van der Waals surface area contributed by atoms with Crippen LogP contribution in [-0.2, 0) is 11.2 Å². The van der Waals surface area contributed by atoms with Crippen molar-refractivity contribution >= 4 is 16.8 Å². The van der Waals surface area contributed by atoms with Gasteiger partial charge in [-0.2, -0.15) is 0 Å². The summed E-state index contributed by atoms with van der Waals surface area (Å²) in [6.07, 6.45) is 3.56. The second-order valence-corrected chi connectivity index (χ2v) is 3.72. The second kappa shape index (κ2) is 4.86. The average molecular weight is 233 g/mol. The third-order valence-corrected chi connectivity index (χ3v) is 2.23. The van der Waals surface area contributed by atoms with E-state index in [1.54, 1.807) is 12.4 Å². The van der Waals surface area contributed by atoms with Crippen LogP contribution in [0.3, 0.4) is 0 Å². The molecule has 2 rings (SSSR count). The SMILES string of the molecule is O=C(Cl)Cc1ccc(-c2ccccn2)nc1. The smallest absolute Gasteiger partial charge is 0.226 e. The van der Waals surface area contributed by atoms with Gasteiger partial charge >= 0.3 is 0 Å². The van der Waals surface area contributed by atoms with E-state index in [0.717, 1.165) is 17.0 Å². The van der Waals surface area contributed by atoms with E-state index in [9.17, 15) is 4.79 Å². The molecule has 2 aromatic rings. The van der Waals surface area contributed by atoms with Gasteiger partial charge in [-0.15, -0.1) is 0 Å².